The van der Waals surface area contributed by atoms with Crippen LogP contribution in [0.5, 0.6) is 0 Å². The van der Waals surface area contributed by atoms with Crippen molar-refractivity contribution in [2.45, 2.75) is 39.3 Å². The Bertz CT molecular complexity index is 312. The summed E-state index contributed by atoms with van der Waals surface area (Å²) in [5.41, 5.74) is 0.784. The first-order valence-electron chi connectivity index (χ1n) is 5.39. The van der Waals surface area contributed by atoms with Gasteiger partial charge in [0.2, 0.25) is 0 Å². The molecule has 0 heterocycles. The Morgan fingerprint density at radius 2 is 1.50 bits per heavy atom. The van der Waals surface area contributed by atoms with Gasteiger partial charge in [0.15, 0.2) is 0 Å². The lowest BCUT2D eigenvalue weighted by Gasteiger charge is -2.25. The van der Waals surface area contributed by atoms with Crippen LogP contribution in [0.2, 0.25) is 0 Å². The van der Waals surface area contributed by atoms with E-state index in [1.807, 2.05) is 44.2 Å². The van der Waals surface area contributed by atoms with Crippen LogP contribution in [0.1, 0.15) is 32.3 Å². The second kappa shape index (κ2) is 4.89. The molecule has 0 aromatic heterocycles. The third-order valence-electron chi connectivity index (χ3n) is 2.61. The van der Waals surface area contributed by atoms with E-state index in [0.29, 0.717) is 6.42 Å². The Morgan fingerprint density at radius 3 is 2.00 bits per heavy atom. The minimum Gasteiger partial charge on any atom is -0.171 e. The van der Waals surface area contributed by atoms with Crippen LogP contribution in [0.3, 0.4) is 0 Å². The maximum atomic E-state index is 12.1. The summed E-state index contributed by atoms with van der Waals surface area (Å²) in [6, 6.07) is 9.64. The summed E-state index contributed by atoms with van der Waals surface area (Å²) in [7, 11) is 0. The van der Waals surface area contributed by atoms with Crippen molar-refractivity contribution in [1.82, 2.24) is 0 Å². The molecule has 0 radical (unpaired) electrons. The van der Waals surface area contributed by atoms with Crippen molar-refractivity contribution in [3.8, 4) is 0 Å². The van der Waals surface area contributed by atoms with Crippen molar-refractivity contribution in [1.29, 1.82) is 0 Å². The molecule has 0 amide bonds. The molecule has 1 rings (SSSR count). The molecular formula is C13H17F3. The Balaban J connectivity index is 2.52. The number of hydrogen-bond donors (Lipinski definition) is 0. The van der Waals surface area contributed by atoms with Crippen molar-refractivity contribution in [2.24, 2.45) is 5.41 Å². The van der Waals surface area contributed by atoms with E-state index in [2.05, 4.69) is 0 Å². The molecule has 0 fully saturated rings. The van der Waals surface area contributed by atoms with Crippen molar-refractivity contribution in [2.75, 3.05) is 0 Å². The number of alkyl halides is 3. The maximum Gasteiger partial charge on any atom is 0.389 e. The van der Waals surface area contributed by atoms with Gasteiger partial charge in [-0.2, -0.15) is 13.2 Å². The Morgan fingerprint density at radius 1 is 0.938 bits per heavy atom. The largest absolute Gasteiger partial charge is 0.389 e. The second-order valence-corrected chi connectivity index (χ2v) is 4.94. The highest BCUT2D eigenvalue weighted by molar-refractivity contribution is 5.16. The van der Waals surface area contributed by atoms with E-state index in [1.54, 1.807) is 0 Å². The Kier molecular flexibility index (Phi) is 4.00. The average molecular weight is 230 g/mol. The highest BCUT2D eigenvalue weighted by atomic mass is 19.4. The lowest BCUT2D eigenvalue weighted by Crippen LogP contribution is -2.19. The van der Waals surface area contributed by atoms with Crippen molar-refractivity contribution in [3.63, 3.8) is 0 Å². The van der Waals surface area contributed by atoms with Crippen LogP contribution in [-0.2, 0) is 6.42 Å². The first-order chi connectivity index (χ1) is 7.29. The highest BCUT2D eigenvalue weighted by Gasteiger charge is 2.31. The molecule has 0 saturated carbocycles. The smallest absolute Gasteiger partial charge is 0.171 e. The monoisotopic (exact) mass is 230 g/mol. The Labute approximate surface area is 94.5 Å². The lowest BCUT2D eigenvalue weighted by molar-refractivity contribution is -0.140. The Hall–Kier alpha value is -0.990. The topological polar surface area (TPSA) is 0 Å². The van der Waals surface area contributed by atoms with Crippen molar-refractivity contribution < 1.29 is 13.2 Å². The molecule has 16 heavy (non-hydrogen) atoms. The SMILES string of the molecule is CC(C)(CCC(F)(F)F)Cc1ccccc1. The maximum absolute atomic E-state index is 12.1. The normalized spacial score (nSPS) is 12.8. The molecule has 0 bridgehead atoms. The first kappa shape index (κ1) is 13.1. The second-order valence-electron chi connectivity index (χ2n) is 4.94. The summed E-state index contributed by atoms with van der Waals surface area (Å²) < 4.78 is 36.4. The molecule has 1 aromatic rings. The van der Waals surface area contributed by atoms with Gasteiger partial charge in [-0.25, -0.2) is 0 Å². The van der Waals surface area contributed by atoms with Crippen molar-refractivity contribution >= 4 is 0 Å². The number of hydrogen-bond acceptors (Lipinski definition) is 0. The molecular weight excluding hydrogens is 213 g/mol. The fourth-order valence-electron chi connectivity index (χ4n) is 1.72. The molecule has 1 aromatic carbocycles. The molecule has 0 unspecified atom stereocenters. The zero-order chi connectivity index (χ0) is 12.2. The molecule has 0 nitrogen and oxygen atoms in total. The minimum atomic E-state index is -4.05. The van der Waals surface area contributed by atoms with E-state index >= 15 is 0 Å². The van der Waals surface area contributed by atoms with E-state index < -0.39 is 12.6 Å². The number of rotatable bonds is 4. The van der Waals surface area contributed by atoms with Crippen LogP contribution in [0.4, 0.5) is 13.2 Å². The van der Waals surface area contributed by atoms with Crippen LogP contribution in [0.15, 0.2) is 30.3 Å². The zero-order valence-corrected chi connectivity index (χ0v) is 9.64. The molecule has 3 heteroatoms. The van der Waals surface area contributed by atoms with Gasteiger partial charge in [0, 0.05) is 6.42 Å². The number of halogens is 3. The molecule has 0 aliphatic rings. The average Bonchev–Trinajstić information content (AvgIpc) is 2.15. The molecule has 0 aliphatic heterocycles. The standard InChI is InChI=1S/C13H17F3/c1-12(2,8-9-13(14,15)16)10-11-6-4-3-5-7-11/h3-7H,8-10H2,1-2H3. The third kappa shape index (κ3) is 5.19. The summed E-state index contributed by atoms with van der Waals surface area (Å²) in [6.07, 6.45) is -3.89. The van der Waals surface area contributed by atoms with Gasteiger partial charge in [-0.1, -0.05) is 44.2 Å². The van der Waals surface area contributed by atoms with Crippen LogP contribution in [-0.4, -0.2) is 6.18 Å². The van der Waals surface area contributed by atoms with Gasteiger partial charge in [0.05, 0.1) is 0 Å². The van der Waals surface area contributed by atoms with Gasteiger partial charge in [0.25, 0.3) is 0 Å². The lowest BCUT2D eigenvalue weighted by atomic mass is 9.81. The fourth-order valence-corrected chi connectivity index (χ4v) is 1.72. The summed E-state index contributed by atoms with van der Waals surface area (Å²) in [4.78, 5) is 0. The fraction of sp³-hybridized carbons (Fsp3) is 0.538. The quantitative estimate of drug-likeness (QED) is 0.709. The predicted molar refractivity (Wildman–Crippen MR) is 59.2 cm³/mol. The minimum absolute atomic E-state index is 0.172. The van der Waals surface area contributed by atoms with Gasteiger partial charge in [0.1, 0.15) is 0 Å². The third-order valence-corrected chi connectivity index (χ3v) is 2.61. The molecule has 0 aliphatic carbocycles. The molecule has 90 valence electrons. The van der Waals surface area contributed by atoms with E-state index in [1.165, 1.54) is 0 Å². The molecule has 0 N–H and O–H groups in total. The molecule has 0 atom stereocenters. The van der Waals surface area contributed by atoms with Gasteiger partial charge >= 0.3 is 6.18 Å². The van der Waals surface area contributed by atoms with E-state index in [9.17, 15) is 13.2 Å². The summed E-state index contributed by atoms with van der Waals surface area (Å²) in [5.74, 6) is 0. The van der Waals surface area contributed by atoms with Gasteiger partial charge < -0.3 is 0 Å². The summed E-state index contributed by atoms with van der Waals surface area (Å²) in [5, 5.41) is 0. The van der Waals surface area contributed by atoms with Gasteiger partial charge in [-0.05, 0) is 23.8 Å². The first-order valence-corrected chi connectivity index (χ1v) is 5.39. The van der Waals surface area contributed by atoms with Gasteiger partial charge in [-0.15, -0.1) is 0 Å². The van der Waals surface area contributed by atoms with E-state index in [4.69, 9.17) is 0 Å². The summed E-state index contributed by atoms with van der Waals surface area (Å²) >= 11 is 0. The molecule has 0 saturated heterocycles. The van der Waals surface area contributed by atoms with E-state index in [0.717, 1.165) is 5.56 Å². The van der Waals surface area contributed by atoms with Crippen LogP contribution >= 0.6 is 0 Å². The highest BCUT2D eigenvalue weighted by Crippen LogP contribution is 2.32. The van der Waals surface area contributed by atoms with Crippen LogP contribution < -0.4 is 0 Å². The zero-order valence-electron chi connectivity index (χ0n) is 9.64. The van der Waals surface area contributed by atoms with Crippen LogP contribution in [0.25, 0.3) is 0 Å². The van der Waals surface area contributed by atoms with Gasteiger partial charge in [-0.3, -0.25) is 0 Å². The van der Waals surface area contributed by atoms with Crippen LogP contribution in [0, 0.1) is 5.41 Å². The number of benzene rings is 1. The van der Waals surface area contributed by atoms with Crippen molar-refractivity contribution in [3.05, 3.63) is 35.9 Å². The summed E-state index contributed by atoms with van der Waals surface area (Å²) in [6.45, 7) is 3.76. The van der Waals surface area contributed by atoms with E-state index in [-0.39, 0.29) is 11.8 Å². The molecule has 0 spiro atoms. The predicted octanol–water partition coefficient (Wildman–Crippen LogP) is 4.60.